The molecule has 0 bridgehead atoms. The molecule has 0 aliphatic carbocycles. The first-order valence-corrected chi connectivity index (χ1v) is 3.62. The molecular formula is C7H6F3N3. The van der Waals surface area contributed by atoms with E-state index in [4.69, 9.17) is 0 Å². The van der Waals surface area contributed by atoms with Crippen molar-refractivity contribution in [3.63, 3.8) is 0 Å². The summed E-state index contributed by atoms with van der Waals surface area (Å²) in [7, 11) is 0. The number of anilines is 2. The van der Waals surface area contributed by atoms with E-state index in [9.17, 15) is 13.2 Å². The Bertz CT molecular complexity index is 323. The first-order valence-electron chi connectivity index (χ1n) is 3.62. The van der Waals surface area contributed by atoms with Gasteiger partial charge in [-0.3, -0.25) is 0 Å². The van der Waals surface area contributed by atoms with E-state index in [2.05, 4.69) is 10.3 Å². The standard InChI is InChI=1S/C7H6F3N3/c8-7(9,10)13-4-12-5-2-1-3-11-6(5)13/h1-3,12H,4H2. The minimum absolute atomic E-state index is 0.0602. The van der Waals surface area contributed by atoms with Gasteiger partial charge in [0.05, 0.1) is 12.4 Å². The second kappa shape index (κ2) is 2.51. The van der Waals surface area contributed by atoms with Crippen molar-refractivity contribution in [1.29, 1.82) is 0 Å². The lowest BCUT2D eigenvalue weighted by atomic mass is 10.4. The number of hydrogen-bond donors (Lipinski definition) is 1. The summed E-state index contributed by atoms with van der Waals surface area (Å²) in [5, 5.41) is 2.60. The van der Waals surface area contributed by atoms with Gasteiger partial charge in [0, 0.05) is 6.20 Å². The second-order valence-electron chi connectivity index (χ2n) is 2.61. The molecule has 0 saturated carbocycles. The van der Waals surface area contributed by atoms with E-state index in [1.54, 1.807) is 12.1 Å². The van der Waals surface area contributed by atoms with Crippen molar-refractivity contribution >= 4 is 11.5 Å². The first-order chi connectivity index (χ1) is 6.09. The fourth-order valence-electron chi connectivity index (χ4n) is 1.20. The molecule has 1 aliphatic heterocycles. The number of rotatable bonds is 0. The van der Waals surface area contributed by atoms with Gasteiger partial charge in [-0.2, -0.15) is 0 Å². The van der Waals surface area contributed by atoms with Crippen molar-refractivity contribution < 1.29 is 13.2 Å². The molecule has 1 aromatic rings. The van der Waals surface area contributed by atoms with Gasteiger partial charge in [-0.05, 0) is 12.1 Å². The van der Waals surface area contributed by atoms with Crippen molar-refractivity contribution in [2.45, 2.75) is 6.30 Å². The maximum absolute atomic E-state index is 12.3. The molecule has 0 atom stereocenters. The molecule has 2 heterocycles. The Hall–Kier alpha value is -1.46. The number of nitrogens with one attached hydrogen (secondary N) is 1. The minimum Gasteiger partial charge on any atom is -0.364 e. The third kappa shape index (κ3) is 1.28. The van der Waals surface area contributed by atoms with Crippen LogP contribution in [-0.2, 0) is 0 Å². The maximum atomic E-state index is 12.3. The van der Waals surface area contributed by atoms with Crippen LogP contribution in [0.2, 0.25) is 0 Å². The van der Waals surface area contributed by atoms with E-state index in [-0.39, 0.29) is 17.4 Å². The molecule has 3 nitrogen and oxygen atoms in total. The third-order valence-electron chi connectivity index (χ3n) is 1.78. The Morgan fingerprint density at radius 1 is 1.46 bits per heavy atom. The summed E-state index contributed by atoms with van der Waals surface area (Å²) in [5.74, 6) is -0.0602. The van der Waals surface area contributed by atoms with Gasteiger partial charge in [0.25, 0.3) is 0 Å². The van der Waals surface area contributed by atoms with E-state index in [1.165, 1.54) is 6.20 Å². The third-order valence-corrected chi connectivity index (χ3v) is 1.78. The zero-order chi connectivity index (χ0) is 9.47. The highest BCUT2D eigenvalue weighted by Crippen LogP contribution is 2.35. The molecule has 13 heavy (non-hydrogen) atoms. The monoisotopic (exact) mass is 189 g/mol. The number of halogens is 3. The number of fused-ring (bicyclic) bond motifs is 1. The van der Waals surface area contributed by atoms with Crippen LogP contribution in [0.3, 0.4) is 0 Å². The zero-order valence-corrected chi connectivity index (χ0v) is 6.47. The van der Waals surface area contributed by atoms with Crippen LogP contribution in [0.1, 0.15) is 0 Å². The number of pyridine rings is 1. The topological polar surface area (TPSA) is 28.2 Å². The van der Waals surface area contributed by atoms with Crippen LogP contribution in [0.15, 0.2) is 18.3 Å². The molecule has 0 aromatic carbocycles. The fourth-order valence-corrected chi connectivity index (χ4v) is 1.20. The van der Waals surface area contributed by atoms with Crippen molar-refractivity contribution in [3.8, 4) is 0 Å². The highest BCUT2D eigenvalue weighted by molar-refractivity contribution is 5.70. The Labute approximate surface area is 72.2 Å². The summed E-state index contributed by atoms with van der Waals surface area (Å²) in [6.45, 7) is -0.268. The van der Waals surface area contributed by atoms with E-state index in [0.29, 0.717) is 5.69 Å². The summed E-state index contributed by atoms with van der Waals surface area (Å²) in [5.41, 5.74) is 0.417. The smallest absolute Gasteiger partial charge is 0.364 e. The van der Waals surface area contributed by atoms with Crippen molar-refractivity contribution in [2.24, 2.45) is 0 Å². The summed E-state index contributed by atoms with van der Waals surface area (Å²) in [6.07, 6.45) is -3.03. The number of aromatic nitrogens is 1. The average Bonchev–Trinajstić information content (AvgIpc) is 2.45. The molecule has 0 spiro atoms. The summed E-state index contributed by atoms with van der Waals surface area (Å²) in [4.78, 5) is 3.92. The van der Waals surface area contributed by atoms with Gasteiger partial charge in [-0.25, -0.2) is 9.88 Å². The molecule has 0 fully saturated rings. The van der Waals surface area contributed by atoms with Crippen molar-refractivity contribution in [3.05, 3.63) is 18.3 Å². The van der Waals surface area contributed by atoms with Crippen LogP contribution in [0.4, 0.5) is 24.7 Å². The predicted octanol–water partition coefficient (Wildman–Crippen LogP) is 1.79. The molecule has 0 saturated heterocycles. The van der Waals surface area contributed by atoms with E-state index >= 15 is 0 Å². The zero-order valence-electron chi connectivity index (χ0n) is 6.47. The second-order valence-corrected chi connectivity index (χ2v) is 2.61. The lowest BCUT2D eigenvalue weighted by molar-refractivity contribution is -0.127. The minimum atomic E-state index is -4.37. The summed E-state index contributed by atoms with van der Waals surface area (Å²) < 4.78 is 36.9. The van der Waals surface area contributed by atoms with Crippen LogP contribution >= 0.6 is 0 Å². The van der Waals surface area contributed by atoms with Crippen molar-refractivity contribution in [1.82, 2.24) is 4.98 Å². The van der Waals surface area contributed by atoms with Gasteiger partial charge >= 0.3 is 6.30 Å². The normalized spacial score (nSPS) is 15.5. The van der Waals surface area contributed by atoms with Crippen LogP contribution in [-0.4, -0.2) is 18.0 Å². The molecule has 1 aromatic heterocycles. The van der Waals surface area contributed by atoms with Gasteiger partial charge in [0.15, 0.2) is 5.82 Å². The molecular weight excluding hydrogens is 183 g/mol. The van der Waals surface area contributed by atoms with Gasteiger partial charge in [0.2, 0.25) is 0 Å². The molecule has 6 heteroatoms. The molecule has 0 amide bonds. The van der Waals surface area contributed by atoms with Crippen LogP contribution < -0.4 is 10.2 Å². The fraction of sp³-hybridized carbons (Fsp3) is 0.286. The SMILES string of the molecule is FC(F)(F)N1CNc2cccnc21. The summed E-state index contributed by atoms with van der Waals surface area (Å²) in [6, 6.07) is 3.15. The van der Waals surface area contributed by atoms with Gasteiger partial charge < -0.3 is 5.32 Å². The van der Waals surface area contributed by atoms with Crippen LogP contribution in [0.5, 0.6) is 0 Å². The van der Waals surface area contributed by atoms with Crippen LogP contribution in [0.25, 0.3) is 0 Å². The lowest BCUT2D eigenvalue weighted by Gasteiger charge is -2.19. The molecule has 1 aliphatic rings. The molecule has 1 N–H and O–H groups in total. The highest BCUT2D eigenvalue weighted by Gasteiger charge is 2.41. The van der Waals surface area contributed by atoms with Gasteiger partial charge in [-0.1, -0.05) is 0 Å². The number of nitrogens with zero attached hydrogens (tertiary/aromatic N) is 2. The quantitative estimate of drug-likeness (QED) is 0.630. The Kier molecular flexibility index (Phi) is 1.58. The Morgan fingerprint density at radius 2 is 2.23 bits per heavy atom. The molecule has 0 radical (unpaired) electrons. The van der Waals surface area contributed by atoms with Gasteiger partial charge in [-0.15, -0.1) is 13.2 Å². The highest BCUT2D eigenvalue weighted by atomic mass is 19.4. The average molecular weight is 189 g/mol. The lowest BCUT2D eigenvalue weighted by Crippen LogP contribution is -2.37. The predicted molar refractivity (Wildman–Crippen MR) is 41.3 cm³/mol. The molecule has 70 valence electrons. The van der Waals surface area contributed by atoms with E-state index < -0.39 is 6.30 Å². The van der Waals surface area contributed by atoms with Crippen molar-refractivity contribution in [2.75, 3.05) is 16.9 Å². The van der Waals surface area contributed by atoms with E-state index in [0.717, 1.165) is 0 Å². The van der Waals surface area contributed by atoms with Gasteiger partial charge in [0.1, 0.15) is 0 Å². The largest absolute Gasteiger partial charge is 0.487 e. The Morgan fingerprint density at radius 3 is 2.92 bits per heavy atom. The maximum Gasteiger partial charge on any atom is 0.487 e. The van der Waals surface area contributed by atoms with Crippen LogP contribution in [0, 0.1) is 0 Å². The van der Waals surface area contributed by atoms with E-state index in [1.807, 2.05) is 0 Å². The number of alkyl halides is 3. The molecule has 0 unspecified atom stereocenters. The summed E-state index contributed by atoms with van der Waals surface area (Å²) >= 11 is 0. The number of hydrogen-bond acceptors (Lipinski definition) is 3. The Balaban J connectivity index is 2.39. The first kappa shape index (κ1) is 8.15. The molecule has 2 rings (SSSR count).